The molecule has 7 nitrogen and oxygen atoms in total. The Kier molecular flexibility index (Phi) is 7.96. The number of nitrogens with zero attached hydrogens (tertiary/aromatic N) is 2. The summed E-state index contributed by atoms with van der Waals surface area (Å²) in [5.74, 6) is -1.07. The molecule has 1 saturated carbocycles. The lowest BCUT2D eigenvalue weighted by molar-refractivity contribution is -0.297. The number of amides is 2. The monoisotopic (exact) mass is 591 g/mol. The summed E-state index contributed by atoms with van der Waals surface area (Å²) in [6, 6.07) is 2.27. The molecule has 1 N–H and O–H groups in total. The Morgan fingerprint density at radius 2 is 1.80 bits per heavy atom. The quantitative estimate of drug-likeness (QED) is 0.337. The van der Waals surface area contributed by atoms with Crippen molar-refractivity contribution in [1.82, 2.24) is 15.2 Å². The highest BCUT2D eigenvalue weighted by Crippen LogP contribution is 2.52. The van der Waals surface area contributed by atoms with Crippen molar-refractivity contribution in [3.05, 3.63) is 40.0 Å². The fourth-order valence-corrected chi connectivity index (χ4v) is 6.00. The summed E-state index contributed by atoms with van der Waals surface area (Å²) in [7, 11) is 0. The highest BCUT2D eigenvalue weighted by molar-refractivity contribution is 7.17. The number of hydrogen-bond donors (Lipinski definition) is 1. The third-order valence-electron chi connectivity index (χ3n) is 7.70. The fourth-order valence-electron chi connectivity index (χ4n) is 4.95. The summed E-state index contributed by atoms with van der Waals surface area (Å²) in [6.45, 7) is 4.07. The number of carbonyl (C=O) groups is 3. The number of carbonyl (C=O) groups excluding carboxylic acids is 3. The zero-order valence-corrected chi connectivity index (χ0v) is 22.6. The predicted octanol–water partition coefficient (Wildman–Crippen LogP) is 5.56. The van der Waals surface area contributed by atoms with Crippen LogP contribution in [0.25, 0.3) is 10.4 Å². The van der Waals surface area contributed by atoms with Crippen LogP contribution in [0, 0.1) is 6.92 Å². The van der Waals surface area contributed by atoms with Gasteiger partial charge in [-0.2, -0.15) is 26.3 Å². The van der Waals surface area contributed by atoms with E-state index < -0.39 is 35.1 Å². The van der Waals surface area contributed by atoms with Gasteiger partial charge in [0.25, 0.3) is 18.3 Å². The number of benzene rings is 1. The number of aryl methyl sites for hydroxylation is 1. The van der Waals surface area contributed by atoms with Gasteiger partial charge < -0.3 is 15.0 Å². The molecule has 1 atom stereocenters. The van der Waals surface area contributed by atoms with Crippen LogP contribution in [-0.2, 0) is 14.9 Å². The first-order valence-corrected chi connectivity index (χ1v) is 13.4. The maximum absolute atomic E-state index is 13.7. The number of alkyl halides is 6. The van der Waals surface area contributed by atoms with Gasteiger partial charge in [0.1, 0.15) is 11.8 Å². The lowest BCUT2D eigenvalue weighted by Gasteiger charge is -2.34. The number of rotatable bonds is 7. The van der Waals surface area contributed by atoms with E-state index in [4.69, 9.17) is 4.74 Å². The van der Waals surface area contributed by atoms with E-state index in [-0.39, 0.29) is 51.8 Å². The van der Waals surface area contributed by atoms with Crippen molar-refractivity contribution < 1.29 is 45.5 Å². The van der Waals surface area contributed by atoms with Crippen LogP contribution in [0.15, 0.2) is 18.2 Å². The Morgan fingerprint density at radius 1 is 1.15 bits per heavy atom. The van der Waals surface area contributed by atoms with Gasteiger partial charge in [-0.25, -0.2) is 4.98 Å². The number of likely N-dealkylation sites (tertiary alicyclic amines) is 1. The second kappa shape index (κ2) is 10.7. The van der Waals surface area contributed by atoms with E-state index in [1.54, 1.807) is 4.90 Å². The first-order valence-electron chi connectivity index (χ1n) is 12.5. The maximum Gasteiger partial charge on any atom is 0.406 e. The van der Waals surface area contributed by atoms with Crippen molar-refractivity contribution >= 4 is 29.6 Å². The minimum absolute atomic E-state index is 0.0594. The summed E-state index contributed by atoms with van der Waals surface area (Å²) in [5, 5.41) is 2.67. The van der Waals surface area contributed by atoms with Crippen LogP contribution in [0.3, 0.4) is 0 Å². The molecule has 40 heavy (non-hydrogen) atoms. The number of halogens is 6. The Bertz CT molecular complexity index is 1290. The van der Waals surface area contributed by atoms with Crippen LogP contribution < -0.4 is 5.32 Å². The number of aromatic nitrogens is 1. The van der Waals surface area contributed by atoms with Crippen LogP contribution in [-0.4, -0.2) is 65.3 Å². The molecule has 2 amide bonds. The smallest absolute Gasteiger partial charge is 0.406 e. The topological polar surface area (TPSA) is 88.6 Å². The van der Waals surface area contributed by atoms with Crippen LogP contribution in [0.4, 0.5) is 26.3 Å². The second-order valence-electron chi connectivity index (χ2n) is 10.3. The second-order valence-corrected chi connectivity index (χ2v) is 11.3. The van der Waals surface area contributed by atoms with E-state index in [2.05, 4.69) is 10.3 Å². The standard InChI is InChI=1S/C26H27F6N3O4S/c1-13-9-15(24(3,25(27,28)29)26(30,31)32)6-7-18(13)20-19(23(38)35-8-4-5-14(35)2)34-22(40-20)21(37)33-16-10-17(11-16)39-12-36/h6-7,9,12,14,16-17H,4-5,8,10-11H2,1-3H3,(H,33,37)/t14-,16-,17-/m0/s1. The lowest BCUT2D eigenvalue weighted by atomic mass is 9.79. The summed E-state index contributed by atoms with van der Waals surface area (Å²) >= 11 is 0.833. The van der Waals surface area contributed by atoms with Gasteiger partial charge in [-0.05, 0) is 50.3 Å². The highest BCUT2D eigenvalue weighted by atomic mass is 32.1. The average molecular weight is 592 g/mol. The minimum atomic E-state index is -5.61. The number of ether oxygens (including phenoxy) is 1. The Labute approximate surface area is 229 Å². The molecule has 0 spiro atoms. The van der Waals surface area contributed by atoms with Crippen LogP contribution >= 0.6 is 11.3 Å². The third kappa shape index (κ3) is 5.29. The molecule has 0 unspecified atom stereocenters. The lowest BCUT2D eigenvalue weighted by Crippen LogP contribution is -2.51. The van der Waals surface area contributed by atoms with Crippen molar-refractivity contribution in [2.75, 3.05) is 6.54 Å². The average Bonchev–Trinajstić information content (AvgIpc) is 3.47. The molecule has 0 bridgehead atoms. The maximum atomic E-state index is 13.7. The number of thiazole rings is 1. The molecule has 2 aliphatic rings. The summed E-state index contributed by atoms with van der Waals surface area (Å²) in [6.07, 6.45) is -9.23. The van der Waals surface area contributed by atoms with E-state index >= 15 is 0 Å². The molecule has 1 aliphatic carbocycles. The zero-order valence-electron chi connectivity index (χ0n) is 21.8. The van der Waals surface area contributed by atoms with Gasteiger partial charge >= 0.3 is 12.4 Å². The van der Waals surface area contributed by atoms with Crippen LogP contribution in [0.2, 0.25) is 0 Å². The molecular weight excluding hydrogens is 564 g/mol. The molecule has 218 valence electrons. The number of nitrogens with one attached hydrogen (secondary N) is 1. The van der Waals surface area contributed by atoms with E-state index in [1.165, 1.54) is 6.92 Å². The molecular formula is C26H27F6N3O4S. The van der Waals surface area contributed by atoms with Crippen molar-refractivity contribution in [3.8, 4) is 10.4 Å². The largest absolute Gasteiger partial charge is 0.464 e. The normalized spacial score (nSPS) is 21.6. The van der Waals surface area contributed by atoms with Crippen molar-refractivity contribution in [2.24, 2.45) is 0 Å². The van der Waals surface area contributed by atoms with Crippen LogP contribution in [0.1, 0.15) is 70.9 Å². The van der Waals surface area contributed by atoms with E-state index in [1.807, 2.05) is 6.92 Å². The first kappa shape index (κ1) is 29.8. The summed E-state index contributed by atoms with van der Waals surface area (Å²) in [5.41, 5.74) is -4.94. The van der Waals surface area contributed by atoms with Crippen LogP contribution in [0.5, 0.6) is 0 Å². The SMILES string of the molecule is Cc1cc(C(C)(C(F)(F)F)C(F)(F)F)ccc1-c1sc(C(=O)N[C@H]2C[C@H](OC=O)C2)nc1C(=O)N1CCC[C@@H]1C. The molecule has 1 aromatic heterocycles. The third-order valence-corrected chi connectivity index (χ3v) is 8.79. The summed E-state index contributed by atoms with van der Waals surface area (Å²) in [4.78, 5) is 43.0. The summed E-state index contributed by atoms with van der Waals surface area (Å²) < 4.78 is 86.9. The van der Waals surface area contributed by atoms with Crippen molar-refractivity contribution in [3.63, 3.8) is 0 Å². The Balaban J connectivity index is 1.73. The molecule has 0 radical (unpaired) electrons. The zero-order chi connectivity index (χ0) is 29.6. The molecule has 1 aromatic carbocycles. The van der Waals surface area contributed by atoms with Gasteiger partial charge in [-0.3, -0.25) is 14.4 Å². The Morgan fingerprint density at radius 3 is 2.33 bits per heavy atom. The van der Waals surface area contributed by atoms with Gasteiger partial charge in [0.05, 0.1) is 4.88 Å². The molecule has 2 fully saturated rings. The van der Waals surface area contributed by atoms with Crippen molar-refractivity contribution in [1.29, 1.82) is 0 Å². The Hall–Kier alpha value is -3.16. The molecule has 14 heteroatoms. The predicted molar refractivity (Wildman–Crippen MR) is 133 cm³/mol. The number of hydrogen-bond acceptors (Lipinski definition) is 6. The molecule has 2 aromatic rings. The first-order chi connectivity index (χ1) is 18.6. The molecule has 2 heterocycles. The minimum Gasteiger partial charge on any atom is -0.464 e. The molecule has 4 rings (SSSR count). The van der Waals surface area contributed by atoms with E-state index in [9.17, 15) is 40.7 Å². The molecule has 1 aliphatic heterocycles. The van der Waals surface area contributed by atoms with Crippen molar-refractivity contribution in [2.45, 2.75) is 82.4 Å². The van der Waals surface area contributed by atoms with Gasteiger partial charge in [-0.15, -0.1) is 11.3 Å². The van der Waals surface area contributed by atoms with Gasteiger partial charge in [0.15, 0.2) is 10.4 Å². The fraction of sp³-hybridized carbons (Fsp3) is 0.538. The van der Waals surface area contributed by atoms with Gasteiger partial charge in [0, 0.05) is 31.5 Å². The molecule has 1 saturated heterocycles. The van der Waals surface area contributed by atoms with E-state index in [0.29, 0.717) is 25.9 Å². The van der Waals surface area contributed by atoms with Gasteiger partial charge in [0.2, 0.25) is 0 Å². The van der Waals surface area contributed by atoms with E-state index in [0.717, 1.165) is 42.4 Å². The highest BCUT2D eigenvalue weighted by Gasteiger charge is 2.68. The van der Waals surface area contributed by atoms with Gasteiger partial charge in [-0.1, -0.05) is 18.2 Å².